The van der Waals surface area contributed by atoms with Crippen LogP contribution in [0.2, 0.25) is 0 Å². The fraction of sp³-hybridized carbons (Fsp3) is 0.200. The monoisotopic (exact) mass is 417 g/mol. The first-order valence-electron chi connectivity index (χ1n) is 11.6. The number of ether oxygens (including phenoxy) is 1. The molecule has 0 aromatic heterocycles. The first-order valence-corrected chi connectivity index (χ1v) is 11.6. The van der Waals surface area contributed by atoms with Crippen LogP contribution in [0.4, 0.5) is 0 Å². The third-order valence-electron chi connectivity index (χ3n) is 6.81. The van der Waals surface area contributed by atoms with Crippen molar-refractivity contribution in [1.29, 1.82) is 0 Å². The van der Waals surface area contributed by atoms with Gasteiger partial charge < -0.3 is 10.1 Å². The van der Waals surface area contributed by atoms with Crippen molar-refractivity contribution in [2.75, 3.05) is 6.54 Å². The van der Waals surface area contributed by atoms with Crippen molar-refractivity contribution in [2.24, 2.45) is 0 Å². The molecule has 1 aliphatic heterocycles. The van der Waals surface area contributed by atoms with Crippen LogP contribution < -0.4 is 10.1 Å². The van der Waals surface area contributed by atoms with Crippen molar-refractivity contribution >= 4 is 0 Å². The molecule has 2 nitrogen and oxygen atoms in total. The van der Waals surface area contributed by atoms with E-state index in [4.69, 9.17) is 4.74 Å². The minimum Gasteiger partial charge on any atom is -0.489 e. The van der Waals surface area contributed by atoms with Crippen molar-refractivity contribution in [3.05, 3.63) is 124 Å². The molecule has 2 aliphatic rings. The van der Waals surface area contributed by atoms with E-state index in [-0.39, 0.29) is 0 Å². The van der Waals surface area contributed by atoms with Gasteiger partial charge in [-0.1, -0.05) is 78.9 Å². The molecule has 0 fully saturated rings. The second-order valence-electron chi connectivity index (χ2n) is 8.89. The highest BCUT2D eigenvalue weighted by molar-refractivity contribution is 5.79. The highest BCUT2D eigenvalue weighted by atomic mass is 16.5. The van der Waals surface area contributed by atoms with E-state index in [1.54, 1.807) is 0 Å². The van der Waals surface area contributed by atoms with Gasteiger partial charge in [0.05, 0.1) is 0 Å². The van der Waals surface area contributed by atoms with Crippen molar-refractivity contribution in [1.82, 2.24) is 5.32 Å². The quantitative estimate of drug-likeness (QED) is 0.413. The van der Waals surface area contributed by atoms with Crippen molar-refractivity contribution in [2.45, 2.75) is 31.9 Å². The van der Waals surface area contributed by atoms with Gasteiger partial charge in [0, 0.05) is 6.04 Å². The second kappa shape index (κ2) is 8.29. The summed E-state index contributed by atoms with van der Waals surface area (Å²) >= 11 is 0. The predicted molar refractivity (Wildman–Crippen MR) is 130 cm³/mol. The molecule has 2 heteroatoms. The van der Waals surface area contributed by atoms with Gasteiger partial charge in [0.25, 0.3) is 0 Å². The Morgan fingerprint density at radius 1 is 0.781 bits per heavy atom. The van der Waals surface area contributed by atoms with Crippen LogP contribution in [-0.2, 0) is 25.9 Å². The summed E-state index contributed by atoms with van der Waals surface area (Å²) in [6.45, 7) is 1.65. The Morgan fingerprint density at radius 2 is 1.56 bits per heavy atom. The molecule has 0 saturated heterocycles. The van der Waals surface area contributed by atoms with Gasteiger partial charge in [-0.25, -0.2) is 0 Å². The highest BCUT2D eigenvalue weighted by Gasteiger charge is 2.31. The lowest BCUT2D eigenvalue weighted by atomic mass is 9.75. The minimum atomic E-state index is 0.390. The molecule has 32 heavy (non-hydrogen) atoms. The smallest absolute Gasteiger partial charge is 0.120 e. The van der Waals surface area contributed by atoms with E-state index >= 15 is 0 Å². The summed E-state index contributed by atoms with van der Waals surface area (Å²) in [4.78, 5) is 0. The Labute approximate surface area is 189 Å². The van der Waals surface area contributed by atoms with Gasteiger partial charge >= 0.3 is 0 Å². The van der Waals surface area contributed by atoms with Crippen LogP contribution in [0.3, 0.4) is 0 Å². The van der Waals surface area contributed by atoms with Crippen LogP contribution in [-0.4, -0.2) is 6.54 Å². The van der Waals surface area contributed by atoms with Gasteiger partial charge in [-0.15, -0.1) is 0 Å². The van der Waals surface area contributed by atoms with Gasteiger partial charge in [0.2, 0.25) is 0 Å². The van der Waals surface area contributed by atoms with Crippen LogP contribution in [0.25, 0.3) is 11.1 Å². The van der Waals surface area contributed by atoms with Gasteiger partial charge in [0.15, 0.2) is 0 Å². The van der Waals surface area contributed by atoms with E-state index in [0.29, 0.717) is 12.6 Å². The summed E-state index contributed by atoms with van der Waals surface area (Å²) in [5.74, 6) is 0.952. The largest absolute Gasteiger partial charge is 0.489 e. The molecule has 1 atom stereocenters. The van der Waals surface area contributed by atoms with Crippen molar-refractivity contribution < 1.29 is 4.74 Å². The summed E-state index contributed by atoms with van der Waals surface area (Å²) in [5.41, 5.74) is 11.2. The standard InChI is InChI=1S/C30H27NO/c1-3-7-21(8-4-1)17-24-12-11-23-15-16-31-28-19-25-18-26(13-14-27(25)29(24)30(23)28)32-20-22-9-5-2-6-10-22/h1-14,18,28,31H,15-17,19-20H2. The molecule has 1 N–H and O–H groups in total. The SMILES string of the molecule is c1ccc(COc2ccc3c(c2)CC2NCCc4ccc(Cc5ccccc5)c-3c42)cc1. The summed E-state index contributed by atoms with van der Waals surface area (Å²) in [6, 6.07) is 33.0. The van der Waals surface area contributed by atoms with Crippen molar-refractivity contribution in [3.8, 4) is 16.9 Å². The van der Waals surface area contributed by atoms with Crippen molar-refractivity contribution in [3.63, 3.8) is 0 Å². The first kappa shape index (κ1) is 19.3. The van der Waals surface area contributed by atoms with Crippen LogP contribution in [0.15, 0.2) is 91.0 Å². The average Bonchev–Trinajstić information content (AvgIpc) is 2.85. The lowest BCUT2D eigenvalue weighted by molar-refractivity contribution is 0.306. The normalized spacial score (nSPS) is 16.2. The van der Waals surface area contributed by atoms with E-state index in [1.807, 2.05) is 6.07 Å². The zero-order valence-electron chi connectivity index (χ0n) is 18.2. The molecule has 1 heterocycles. The molecule has 6 rings (SSSR count). The molecule has 0 radical (unpaired) electrons. The Hall–Kier alpha value is -3.36. The van der Waals surface area contributed by atoms with Gasteiger partial charge in [-0.3, -0.25) is 0 Å². The molecule has 0 bridgehead atoms. The van der Waals surface area contributed by atoms with Crippen LogP contribution in [0.5, 0.6) is 5.75 Å². The van der Waals surface area contributed by atoms with Crippen LogP contribution >= 0.6 is 0 Å². The van der Waals surface area contributed by atoms with E-state index < -0.39 is 0 Å². The zero-order valence-corrected chi connectivity index (χ0v) is 18.2. The number of benzene rings is 4. The predicted octanol–water partition coefficient (Wildman–Crippen LogP) is 6.27. The lowest BCUT2D eigenvalue weighted by Gasteiger charge is -2.36. The number of rotatable bonds is 5. The second-order valence-corrected chi connectivity index (χ2v) is 8.89. The zero-order chi connectivity index (χ0) is 21.3. The fourth-order valence-corrected chi connectivity index (χ4v) is 5.30. The van der Waals surface area contributed by atoms with E-state index in [1.165, 1.54) is 44.5 Å². The van der Waals surface area contributed by atoms with Gasteiger partial charge in [-0.05, 0) is 82.4 Å². The fourth-order valence-electron chi connectivity index (χ4n) is 5.30. The van der Waals surface area contributed by atoms with E-state index in [9.17, 15) is 0 Å². The van der Waals surface area contributed by atoms with Crippen LogP contribution in [0, 0.1) is 0 Å². The summed E-state index contributed by atoms with van der Waals surface area (Å²) in [6.07, 6.45) is 3.09. The Kier molecular flexibility index (Phi) is 5.01. The Morgan fingerprint density at radius 3 is 2.38 bits per heavy atom. The molecular formula is C30H27NO. The average molecular weight is 418 g/mol. The minimum absolute atomic E-state index is 0.390. The first-order chi connectivity index (χ1) is 15.8. The van der Waals surface area contributed by atoms with E-state index in [0.717, 1.165) is 31.6 Å². The maximum absolute atomic E-state index is 6.16. The molecule has 0 amide bonds. The summed E-state index contributed by atoms with van der Waals surface area (Å²) in [7, 11) is 0. The van der Waals surface area contributed by atoms with Gasteiger partial charge in [0.1, 0.15) is 12.4 Å². The molecule has 0 spiro atoms. The Balaban J connectivity index is 1.39. The third kappa shape index (κ3) is 3.61. The van der Waals surface area contributed by atoms with Gasteiger partial charge in [-0.2, -0.15) is 0 Å². The number of nitrogens with one attached hydrogen (secondary N) is 1. The molecule has 158 valence electrons. The maximum Gasteiger partial charge on any atom is 0.120 e. The highest BCUT2D eigenvalue weighted by Crippen LogP contribution is 2.45. The lowest BCUT2D eigenvalue weighted by Crippen LogP contribution is -2.34. The third-order valence-corrected chi connectivity index (χ3v) is 6.81. The molecule has 4 aromatic carbocycles. The van der Waals surface area contributed by atoms with E-state index in [2.05, 4.69) is 90.2 Å². The maximum atomic E-state index is 6.16. The van der Waals surface area contributed by atoms with Crippen LogP contribution in [0.1, 0.15) is 39.4 Å². The molecule has 1 unspecified atom stereocenters. The summed E-state index contributed by atoms with van der Waals surface area (Å²) < 4.78 is 6.16. The number of fused-ring (bicyclic) bond motifs is 2. The molecular weight excluding hydrogens is 390 g/mol. The molecule has 4 aromatic rings. The number of hydrogen-bond donors (Lipinski definition) is 1. The number of hydrogen-bond acceptors (Lipinski definition) is 2. The topological polar surface area (TPSA) is 21.3 Å². The Bertz CT molecular complexity index is 1250. The summed E-state index contributed by atoms with van der Waals surface area (Å²) in [5, 5.41) is 3.79. The molecule has 1 aliphatic carbocycles. The molecule has 0 saturated carbocycles.